The number of benzene rings is 3. The lowest BCUT2D eigenvalue weighted by Crippen LogP contribution is -2.53. The molecule has 3 aromatic carbocycles. The summed E-state index contributed by atoms with van der Waals surface area (Å²) in [5, 5.41) is 3.38. The first-order chi connectivity index (χ1) is 19.0. The van der Waals surface area contributed by atoms with Crippen molar-refractivity contribution >= 4 is 39.1 Å². The Morgan fingerprint density at radius 3 is 2.17 bits per heavy atom. The molecule has 2 atom stereocenters. The molecule has 0 aromatic heterocycles. The molecular formula is C31H38ClN3O4S. The summed E-state index contributed by atoms with van der Waals surface area (Å²) in [6.07, 6.45) is 1.10. The Labute approximate surface area is 243 Å². The van der Waals surface area contributed by atoms with Gasteiger partial charge in [0.25, 0.3) is 10.0 Å². The SMILES string of the molecule is CC[C@H](C(=O)N[C@@H](C)CC)N(Cc1ccccc1C)C(=O)CN(c1cccc(Cl)c1C)S(=O)(=O)c1ccccc1. The van der Waals surface area contributed by atoms with Gasteiger partial charge in [0, 0.05) is 17.6 Å². The largest absolute Gasteiger partial charge is 0.352 e. The standard InChI is InChI=1S/C31H38ClN3O4S/c1-6-23(4)33-31(37)28(7-2)34(20-25-15-12-11-14-22(25)3)30(36)21-35(29-19-13-18-27(32)24(29)5)40(38,39)26-16-9-8-10-17-26/h8-19,23,28H,6-7,20-21H2,1-5H3,(H,33,37)/t23-,28+/m0/s1. The van der Waals surface area contributed by atoms with Gasteiger partial charge in [-0.1, -0.05) is 74.0 Å². The molecule has 40 heavy (non-hydrogen) atoms. The molecule has 0 aliphatic rings. The molecule has 0 saturated heterocycles. The lowest BCUT2D eigenvalue weighted by Gasteiger charge is -2.34. The van der Waals surface area contributed by atoms with Crippen LogP contribution in [0.25, 0.3) is 0 Å². The van der Waals surface area contributed by atoms with E-state index in [1.54, 1.807) is 43.3 Å². The third kappa shape index (κ3) is 7.23. The van der Waals surface area contributed by atoms with Crippen LogP contribution in [0, 0.1) is 13.8 Å². The molecule has 214 valence electrons. The second-order valence-electron chi connectivity index (χ2n) is 9.90. The van der Waals surface area contributed by atoms with Gasteiger partial charge >= 0.3 is 0 Å². The van der Waals surface area contributed by atoms with Gasteiger partial charge in [-0.05, 0) is 74.6 Å². The molecule has 1 N–H and O–H groups in total. The van der Waals surface area contributed by atoms with Crippen molar-refractivity contribution in [3.63, 3.8) is 0 Å². The summed E-state index contributed by atoms with van der Waals surface area (Å²) < 4.78 is 29.0. The van der Waals surface area contributed by atoms with Crippen LogP contribution in [0.5, 0.6) is 0 Å². The lowest BCUT2D eigenvalue weighted by molar-refractivity contribution is -0.140. The molecule has 3 rings (SSSR count). The smallest absolute Gasteiger partial charge is 0.264 e. The van der Waals surface area contributed by atoms with E-state index in [1.165, 1.54) is 17.0 Å². The van der Waals surface area contributed by atoms with Gasteiger partial charge in [-0.2, -0.15) is 0 Å². The summed E-state index contributed by atoms with van der Waals surface area (Å²) >= 11 is 6.38. The van der Waals surface area contributed by atoms with Crippen molar-refractivity contribution in [2.75, 3.05) is 10.8 Å². The maximum Gasteiger partial charge on any atom is 0.264 e. The fourth-order valence-corrected chi connectivity index (χ4v) is 6.09. The number of anilines is 1. The van der Waals surface area contributed by atoms with E-state index in [0.29, 0.717) is 22.7 Å². The van der Waals surface area contributed by atoms with Crippen LogP contribution >= 0.6 is 11.6 Å². The highest BCUT2D eigenvalue weighted by atomic mass is 35.5. The fraction of sp³-hybridized carbons (Fsp3) is 0.355. The molecule has 2 amide bonds. The van der Waals surface area contributed by atoms with Crippen LogP contribution in [0.4, 0.5) is 5.69 Å². The van der Waals surface area contributed by atoms with E-state index < -0.39 is 28.5 Å². The highest BCUT2D eigenvalue weighted by Crippen LogP contribution is 2.31. The van der Waals surface area contributed by atoms with E-state index in [9.17, 15) is 18.0 Å². The molecule has 7 nitrogen and oxygen atoms in total. The third-order valence-corrected chi connectivity index (χ3v) is 9.29. The van der Waals surface area contributed by atoms with Crippen LogP contribution in [-0.4, -0.2) is 43.8 Å². The number of carbonyl (C=O) groups excluding carboxylic acids is 2. The lowest BCUT2D eigenvalue weighted by atomic mass is 10.1. The summed E-state index contributed by atoms with van der Waals surface area (Å²) in [7, 11) is -4.15. The first kappa shape index (κ1) is 31.2. The Kier molecular flexibility index (Phi) is 10.8. The van der Waals surface area contributed by atoms with Gasteiger partial charge in [-0.15, -0.1) is 0 Å². The van der Waals surface area contributed by atoms with Crippen LogP contribution in [0.3, 0.4) is 0 Å². The number of sulfonamides is 1. The van der Waals surface area contributed by atoms with Gasteiger partial charge in [0.1, 0.15) is 12.6 Å². The fourth-order valence-electron chi connectivity index (χ4n) is 4.43. The molecule has 0 spiro atoms. The van der Waals surface area contributed by atoms with E-state index in [4.69, 9.17) is 11.6 Å². The molecule has 0 unspecified atom stereocenters. The topological polar surface area (TPSA) is 86.8 Å². The minimum absolute atomic E-state index is 0.0502. The van der Waals surface area contributed by atoms with Gasteiger partial charge < -0.3 is 10.2 Å². The average molecular weight is 584 g/mol. The molecule has 0 aliphatic heterocycles. The monoisotopic (exact) mass is 583 g/mol. The molecule has 0 heterocycles. The van der Waals surface area contributed by atoms with E-state index in [2.05, 4.69) is 5.32 Å². The predicted octanol–water partition coefficient (Wildman–Crippen LogP) is 5.87. The number of aryl methyl sites for hydroxylation is 1. The molecule has 0 fully saturated rings. The molecule has 3 aromatic rings. The summed E-state index contributed by atoms with van der Waals surface area (Å²) in [5.41, 5.74) is 2.68. The molecule has 0 radical (unpaired) electrons. The normalized spacial score (nSPS) is 12.8. The van der Waals surface area contributed by atoms with Crippen molar-refractivity contribution in [1.82, 2.24) is 10.2 Å². The summed E-state index contributed by atoms with van der Waals surface area (Å²) in [5.74, 6) is -0.761. The van der Waals surface area contributed by atoms with E-state index >= 15 is 0 Å². The second-order valence-corrected chi connectivity index (χ2v) is 12.2. The van der Waals surface area contributed by atoms with Crippen molar-refractivity contribution in [2.45, 2.75) is 71.0 Å². The van der Waals surface area contributed by atoms with Gasteiger partial charge in [-0.3, -0.25) is 13.9 Å². The minimum atomic E-state index is -4.15. The highest BCUT2D eigenvalue weighted by Gasteiger charge is 2.34. The highest BCUT2D eigenvalue weighted by molar-refractivity contribution is 7.92. The number of hydrogen-bond acceptors (Lipinski definition) is 4. The van der Waals surface area contributed by atoms with Gasteiger partial charge in [0.15, 0.2) is 0 Å². The van der Waals surface area contributed by atoms with E-state index in [1.807, 2.05) is 52.0 Å². The zero-order chi connectivity index (χ0) is 29.4. The maximum atomic E-state index is 14.2. The van der Waals surface area contributed by atoms with Crippen molar-refractivity contribution in [3.8, 4) is 0 Å². The number of hydrogen-bond donors (Lipinski definition) is 1. The van der Waals surface area contributed by atoms with Crippen LogP contribution in [-0.2, 0) is 26.2 Å². The molecule has 0 bridgehead atoms. The Morgan fingerprint density at radius 2 is 1.55 bits per heavy atom. The Balaban J connectivity index is 2.10. The molecule has 9 heteroatoms. The van der Waals surface area contributed by atoms with Gasteiger partial charge in [0.2, 0.25) is 11.8 Å². The number of carbonyl (C=O) groups is 2. The molecular weight excluding hydrogens is 546 g/mol. The number of rotatable bonds is 12. The third-order valence-electron chi connectivity index (χ3n) is 7.11. The van der Waals surface area contributed by atoms with Crippen molar-refractivity contribution < 1.29 is 18.0 Å². The Morgan fingerprint density at radius 1 is 0.900 bits per heavy atom. The molecule has 0 saturated carbocycles. The van der Waals surface area contributed by atoms with Crippen LogP contribution in [0.1, 0.15) is 50.3 Å². The number of nitrogens with one attached hydrogen (secondary N) is 1. The van der Waals surface area contributed by atoms with Crippen molar-refractivity contribution in [3.05, 3.63) is 94.5 Å². The van der Waals surface area contributed by atoms with Gasteiger partial charge in [0.05, 0.1) is 10.6 Å². The summed E-state index contributed by atoms with van der Waals surface area (Å²) in [6, 6.07) is 19.7. The number of amides is 2. The predicted molar refractivity (Wildman–Crippen MR) is 161 cm³/mol. The maximum absolute atomic E-state index is 14.2. The van der Waals surface area contributed by atoms with Crippen LogP contribution in [0.2, 0.25) is 5.02 Å². The zero-order valence-corrected chi connectivity index (χ0v) is 25.3. The van der Waals surface area contributed by atoms with E-state index in [0.717, 1.165) is 21.9 Å². The number of halogens is 1. The van der Waals surface area contributed by atoms with Gasteiger partial charge in [-0.25, -0.2) is 8.42 Å². The van der Waals surface area contributed by atoms with Crippen molar-refractivity contribution in [2.24, 2.45) is 0 Å². The minimum Gasteiger partial charge on any atom is -0.352 e. The van der Waals surface area contributed by atoms with Crippen molar-refractivity contribution in [1.29, 1.82) is 0 Å². The first-order valence-electron chi connectivity index (χ1n) is 13.5. The van der Waals surface area contributed by atoms with E-state index in [-0.39, 0.29) is 23.4 Å². The first-order valence-corrected chi connectivity index (χ1v) is 15.3. The Bertz CT molecular complexity index is 1430. The summed E-state index contributed by atoms with van der Waals surface area (Å²) in [4.78, 5) is 29.1. The Hall–Kier alpha value is -3.36. The summed E-state index contributed by atoms with van der Waals surface area (Å²) in [6.45, 7) is 9.05. The second kappa shape index (κ2) is 13.8. The quantitative estimate of drug-likeness (QED) is 0.289. The number of nitrogens with zero attached hydrogens (tertiary/aromatic N) is 2. The zero-order valence-electron chi connectivity index (χ0n) is 23.7. The average Bonchev–Trinajstić information content (AvgIpc) is 2.94. The van der Waals surface area contributed by atoms with Crippen LogP contribution in [0.15, 0.2) is 77.7 Å². The molecule has 0 aliphatic carbocycles. The van der Waals surface area contributed by atoms with Crippen LogP contribution < -0.4 is 9.62 Å².